The molecule has 1 saturated heterocycles. The molecule has 2 aromatic rings. The van der Waals surface area contributed by atoms with E-state index in [-0.39, 0.29) is 12.1 Å². The van der Waals surface area contributed by atoms with Gasteiger partial charge in [-0.1, -0.05) is 6.07 Å². The fourth-order valence-electron chi connectivity index (χ4n) is 3.16. The molecular formula is C20H27N5O3. The lowest BCUT2D eigenvalue weighted by molar-refractivity contribution is 0.0983. The molecule has 0 atom stereocenters. The average Bonchev–Trinajstić information content (AvgIpc) is 2.68. The van der Waals surface area contributed by atoms with Gasteiger partial charge in [-0.25, -0.2) is 9.78 Å². The predicted molar refractivity (Wildman–Crippen MR) is 108 cm³/mol. The highest BCUT2D eigenvalue weighted by Crippen LogP contribution is 2.22. The largest absolute Gasteiger partial charge is 0.497 e. The van der Waals surface area contributed by atoms with Crippen molar-refractivity contribution in [1.82, 2.24) is 14.9 Å². The van der Waals surface area contributed by atoms with Gasteiger partial charge in [0.05, 0.1) is 13.7 Å². The number of anilines is 3. The number of amides is 1. The van der Waals surface area contributed by atoms with Crippen LogP contribution in [0.3, 0.4) is 0 Å². The van der Waals surface area contributed by atoms with Crippen LogP contribution in [0.2, 0.25) is 0 Å². The van der Waals surface area contributed by atoms with Gasteiger partial charge in [-0.3, -0.25) is 0 Å². The molecule has 8 nitrogen and oxygen atoms in total. The highest BCUT2D eigenvalue weighted by molar-refractivity contribution is 5.67. The predicted octanol–water partition coefficient (Wildman–Crippen LogP) is 3.57. The monoisotopic (exact) mass is 385 g/mol. The molecule has 0 radical (unpaired) electrons. The molecule has 1 aliphatic rings. The summed E-state index contributed by atoms with van der Waals surface area (Å²) < 4.78 is 10.3. The van der Waals surface area contributed by atoms with Crippen LogP contribution in [0.4, 0.5) is 22.2 Å². The molecule has 0 spiro atoms. The minimum Gasteiger partial charge on any atom is -0.497 e. The van der Waals surface area contributed by atoms with Crippen LogP contribution in [0.25, 0.3) is 0 Å². The SMILES string of the molecule is CCOC(=O)N1CCC(Nc2cc(C)nc(Nc3cccc(OC)c3)n2)CC1. The lowest BCUT2D eigenvalue weighted by Gasteiger charge is -2.31. The topological polar surface area (TPSA) is 88.6 Å². The van der Waals surface area contributed by atoms with E-state index >= 15 is 0 Å². The molecule has 8 heteroatoms. The maximum Gasteiger partial charge on any atom is 0.409 e. The summed E-state index contributed by atoms with van der Waals surface area (Å²) in [6.45, 7) is 5.51. The minimum atomic E-state index is -0.233. The molecule has 3 rings (SSSR count). The van der Waals surface area contributed by atoms with Gasteiger partial charge in [-0.2, -0.15) is 4.98 Å². The Balaban J connectivity index is 1.61. The second-order valence-electron chi connectivity index (χ2n) is 6.68. The van der Waals surface area contributed by atoms with Crippen LogP contribution in [0.15, 0.2) is 30.3 Å². The summed E-state index contributed by atoms with van der Waals surface area (Å²) in [5.74, 6) is 2.07. The van der Waals surface area contributed by atoms with E-state index in [2.05, 4.69) is 20.6 Å². The zero-order valence-corrected chi connectivity index (χ0v) is 16.6. The summed E-state index contributed by atoms with van der Waals surface area (Å²) in [6, 6.07) is 9.81. The standard InChI is InChI=1S/C20H27N5O3/c1-4-28-20(26)25-10-8-15(9-11-25)22-18-12-14(2)21-19(24-18)23-16-6-5-7-17(13-16)27-3/h5-7,12-13,15H,4,8-11H2,1-3H3,(H2,21,22,23,24). The minimum absolute atomic E-state index is 0.233. The number of benzene rings is 1. The number of nitrogens with zero attached hydrogens (tertiary/aromatic N) is 3. The molecule has 1 aromatic heterocycles. The summed E-state index contributed by atoms with van der Waals surface area (Å²) in [5.41, 5.74) is 1.73. The molecule has 1 aromatic carbocycles. The number of carbonyl (C=O) groups excluding carboxylic acids is 1. The van der Waals surface area contributed by atoms with Crippen molar-refractivity contribution < 1.29 is 14.3 Å². The molecule has 0 unspecified atom stereocenters. The number of methoxy groups -OCH3 is 1. The Morgan fingerprint density at radius 1 is 1.25 bits per heavy atom. The van der Waals surface area contributed by atoms with Gasteiger partial charge >= 0.3 is 6.09 Å². The Hall–Kier alpha value is -3.03. The van der Waals surface area contributed by atoms with Crippen molar-refractivity contribution in [3.8, 4) is 5.75 Å². The van der Waals surface area contributed by atoms with Crippen molar-refractivity contribution in [3.05, 3.63) is 36.0 Å². The Labute approximate surface area is 165 Å². The summed E-state index contributed by atoms with van der Waals surface area (Å²) in [6.07, 6.45) is 1.46. The third-order valence-electron chi connectivity index (χ3n) is 4.55. The number of aromatic nitrogens is 2. The van der Waals surface area contributed by atoms with E-state index in [1.54, 1.807) is 12.0 Å². The van der Waals surface area contributed by atoms with Crippen LogP contribution >= 0.6 is 0 Å². The van der Waals surface area contributed by atoms with Gasteiger partial charge in [-0.05, 0) is 38.8 Å². The zero-order valence-electron chi connectivity index (χ0n) is 16.6. The lowest BCUT2D eigenvalue weighted by atomic mass is 10.1. The summed E-state index contributed by atoms with van der Waals surface area (Å²) in [4.78, 5) is 22.6. The number of hydrogen-bond acceptors (Lipinski definition) is 7. The van der Waals surface area contributed by atoms with E-state index in [4.69, 9.17) is 9.47 Å². The van der Waals surface area contributed by atoms with Crippen molar-refractivity contribution >= 4 is 23.5 Å². The first-order valence-electron chi connectivity index (χ1n) is 9.52. The smallest absolute Gasteiger partial charge is 0.409 e. The molecule has 0 saturated carbocycles. The number of carbonyl (C=O) groups is 1. The highest BCUT2D eigenvalue weighted by atomic mass is 16.6. The maximum absolute atomic E-state index is 11.8. The quantitative estimate of drug-likeness (QED) is 0.786. The van der Waals surface area contributed by atoms with Crippen LogP contribution in [-0.2, 0) is 4.74 Å². The van der Waals surface area contributed by atoms with E-state index in [9.17, 15) is 4.79 Å². The Morgan fingerprint density at radius 2 is 2.04 bits per heavy atom. The highest BCUT2D eigenvalue weighted by Gasteiger charge is 2.23. The number of hydrogen-bond donors (Lipinski definition) is 2. The first-order valence-corrected chi connectivity index (χ1v) is 9.52. The zero-order chi connectivity index (χ0) is 19.9. The fourth-order valence-corrected chi connectivity index (χ4v) is 3.16. The second-order valence-corrected chi connectivity index (χ2v) is 6.68. The molecule has 1 amide bonds. The van der Waals surface area contributed by atoms with E-state index in [1.165, 1.54) is 0 Å². The van der Waals surface area contributed by atoms with Crippen LogP contribution < -0.4 is 15.4 Å². The second kappa shape index (κ2) is 9.25. The van der Waals surface area contributed by atoms with E-state index in [1.807, 2.05) is 44.2 Å². The number of likely N-dealkylation sites (tertiary alicyclic amines) is 1. The van der Waals surface area contributed by atoms with Gasteiger partial charge in [0.2, 0.25) is 5.95 Å². The van der Waals surface area contributed by atoms with E-state index < -0.39 is 0 Å². The Kier molecular flexibility index (Phi) is 6.52. The van der Waals surface area contributed by atoms with Gasteiger partial charge in [0.25, 0.3) is 0 Å². The average molecular weight is 385 g/mol. The van der Waals surface area contributed by atoms with Crippen molar-refractivity contribution in [2.45, 2.75) is 32.7 Å². The normalized spacial score (nSPS) is 14.5. The van der Waals surface area contributed by atoms with Gasteiger partial charge in [-0.15, -0.1) is 0 Å². The number of ether oxygens (including phenoxy) is 2. The van der Waals surface area contributed by atoms with Crippen molar-refractivity contribution in [3.63, 3.8) is 0 Å². The summed E-state index contributed by atoms with van der Waals surface area (Å²) >= 11 is 0. The number of aryl methyl sites for hydroxylation is 1. The molecule has 0 bridgehead atoms. The van der Waals surface area contributed by atoms with Crippen LogP contribution in [0, 0.1) is 6.92 Å². The van der Waals surface area contributed by atoms with E-state index in [0.717, 1.165) is 35.8 Å². The first-order chi connectivity index (χ1) is 13.6. The van der Waals surface area contributed by atoms with Crippen molar-refractivity contribution in [1.29, 1.82) is 0 Å². The fraction of sp³-hybridized carbons (Fsp3) is 0.450. The molecule has 28 heavy (non-hydrogen) atoms. The maximum atomic E-state index is 11.8. The van der Waals surface area contributed by atoms with Crippen LogP contribution in [0.5, 0.6) is 5.75 Å². The summed E-state index contributed by atoms with van der Waals surface area (Å²) in [5, 5.41) is 6.69. The third kappa shape index (κ3) is 5.25. The third-order valence-corrected chi connectivity index (χ3v) is 4.55. The molecule has 2 heterocycles. The van der Waals surface area contributed by atoms with Crippen molar-refractivity contribution in [2.24, 2.45) is 0 Å². The summed E-state index contributed by atoms with van der Waals surface area (Å²) in [7, 11) is 1.64. The molecule has 2 N–H and O–H groups in total. The lowest BCUT2D eigenvalue weighted by Crippen LogP contribution is -2.42. The van der Waals surface area contributed by atoms with Crippen LogP contribution in [0.1, 0.15) is 25.5 Å². The molecule has 1 fully saturated rings. The Morgan fingerprint density at radius 3 is 2.75 bits per heavy atom. The first kappa shape index (κ1) is 19.7. The molecule has 150 valence electrons. The molecule has 1 aliphatic heterocycles. The molecular weight excluding hydrogens is 358 g/mol. The van der Waals surface area contributed by atoms with Gasteiger partial charge in [0.15, 0.2) is 0 Å². The Bertz CT molecular complexity index is 806. The van der Waals surface area contributed by atoms with Crippen LogP contribution in [-0.4, -0.2) is 53.8 Å². The number of rotatable bonds is 6. The number of nitrogens with one attached hydrogen (secondary N) is 2. The van der Waals surface area contributed by atoms with E-state index in [0.29, 0.717) is 25.6 Å². The van der Waals surface area contributed by atoms with Gasteiger partial charge in [0, 0.05) is 42.6 Å². The number of piperidine rings is 1. The van der Waals surface area contributed by atoms with Crippen molar-refractivity contribution in [2.75, 3.05) is 37.4 Å². The van der Waals surface area contributed by atoms with Gasteiger partial charge < -0.3 is 25.0 Å². The van der Waals surface area contributed by atoms with Gasteiger partial charge in [0.1, 0.15) is 11.6 Å². The molecule has 0 aliphatic carbocycles.